The molecule has 96 valence electrons. The molecule has 1 atom stereocenters. The van der Waals surface area contributed by atoms with Crippen LogP contribution < -0.4 is 10.1 Å². The predicted molar refractivity (Wildman–Crippen MR) is 69.4 cm³/mol. The second-order valence-electron chi connectivity index (χ2n) is 3.90. The van der Waals surface area contributed by atoms with Crippen molar-refractivity contribution in [2.45, 2.75) is 32.7 Å². The lowest BCUT2D eigenvalue weighted by atomic mass is 10.1. The largest absolute Gasteiger partial charge is 0.494 e. The van der Waals surface area contributed by atoms with Gasteiger partial charge in [0.1, 0.15) is 11.8 Å². The number of rotatable bonds is 6. The third kappa shape index (κ3) is 4.10. The summed E-state index contributed by atoms with van der Waals surface area (Å²) in [5.41, 5.74) is 0.511. The quantitative estimate of drug-likeness (QED) is 0.838. The first-order chi connectivity index (χ1) is 8.71. The van der Waals surface area contributed by atoms with Crippen LogP contribution in [0.5, 0.6) is 5.75 Å². The zero-order chi connectivity index (χ0) is 13.4. The van der Waals surface area contributed by atoms with E-state index < -0.39 is 6.04 Å². The summed E-state index contributed by atoms with van der Waals surface area (Å²) in [4.78, 5) is 11.9. The molecular weight excluding hydrogens is 228 g/mol. The van der Waals surface area contributed by atoms with Gasteiger partial charge in [0.05, 0.1) is 12.7 Å². The molecule has 1 rings (SSSR count). The van der Waals surface area contributed by atoms with E-state index in [0.717, 1.165) is 6.42 Å². The SMILES string of the molecule is CCC[C@H](C#N)NC(=O)c1cccc(OCC)c1. The Labute approximate surface area is 108 Å². The molecular formula is C14H18N2O2. The van der Waals surface area contributed by atoms with Gasteiger partial charge in [0.2, 0.25) is 0 Å². The van der Waals surface area contributed by atoms with Crippen LogP contribution in [0.3, 0.4) is 0 Å². The lowest BCUT2D eigenvalue weighted by Gasteiger charge is -2.11. The van der Waals surface area contributed by atoms with Crippen LogP contribution in [-0.4, -0.2) is 18.6 Å². The van der Waals surface area contributed by atoms with E-state index in [1.807, 2.05) is 13.8 Å². The van der Waals surface area contributed by atoms with Gasteiger partial charge in [0, 0.05) is 5.56 Å². The van der Waals surface area contributed by atoms with Crippen molar-refractivity contribution >= 4 is 5.91 Å². The molecule has 0 saturated heterocycles. The molecule has 0 bridgehead atoms. The molecule has 4 heteroatoms. The highest BCUT2D eigenvalue weighted by Gasteiger charge is 2.12. The molecule has 0 unspecified atom stereocenters. The van der Waals surface area contributed by atoms with Gasteiger partial charge in [0.15, 0.2) is 0 Å². The van der Waals surface area contributed by atoms with E-state index >= 15 is 0 Å². The van der Waals surface area contributed by atoms with E-state index in [1.165, 1.54) is 0 Å². The van der Waals surface area contributed by atoms with Gasteiger partial charge in [-0.15, -0.1) is 0 Å². The maximum Gasteiger partial charge on any atom is 0.252 e. The molecule has 0 spiro atoms. The van der Waals surface area contributed by atoms with Gasteiger partial charge < -0.3 is 10.1 Å². The molecule has 0 aliphatic rings. The summed E-state index contributed by atoms with van der Waals surface area (Å²) >= 11 is 0. The van der Waals surface area contributed by atoms with Crippen LogP contribution in [0.15, 0.2) is 24.3 Å². The lowest BCUT2D eigenvalue weighted by Crippen LogP contribution is -2.33. The number of hydrogen-bond donors (Lipinski definition) is 1. The van der Waals surface area contributed by atoms with E-state index in [-0.39, 0.29) is 5.91 Å². The summed E-state index contributed by atoms with van der Waals surface area (Å²) in [5, 5.41) is 11.6. The van der Waals surface area contributed by atoms with Gasteiger partial charge in [0.25, 0.3) is 5.91 Å². The number of hydrogen-bond acceptors (Lipinski definition) is 3. The van der Waals surface area contributed by atoms with Crippen LogP contribution in [0.1, 0.15) is 37.0 Å². The van der Waals surface area contributed by atoms with Crippen molar-refractivity contribution in [3.8, 4) is 11.8 Å². The average Bonchev–Trinajstić information content (AvgIpc) is 2.39. The number of amides is 1. The van der Waals surface area contributed by atoms with Crippen LogP contribution in [-0.2, 0) is 0 Å². The molecule has 18 heavy (non-hydrogen) atoms. The minimum absolute atomic E-state index is 0.239. The average molecular weight is 246 g/mol. The zero-order valence-electron chi connectivity index (χ0n) is 10.8. The van der Waals surface area contributed by atoms with Crippen molar-refractivity contribution in [1.29, 1.82) is 5.26 Å². The summed E-state index contributed by atoms with van der Waals surface area (Å²) in [6.45, 7) is 4.42. The predicted octanol–water partition coefficient (Wildman–Crippen LogP) is 2.51. The van der Waals surface area contributed by atoms with Crippen LogP contribution in [0.4, 0.5) is 0 Å². The summed E-state index contributed by atoms with van der Waals surface area (Å²) < 4.78 is 5.33. The van der Waals surface area contributed by atoms with Crippen molar-refractivity contribution in [3.05, 3.63) is 29.8 Å². The number of carbonyl (C=O) groups excluding carboxylic acids is 1. The monoisotopic (exact) mass is 246 g/mol. The highest BCUT2D eigenvalue weighted by atomic mass is 16.5. The Hall–Kier alpha value is -2.02. The number of ether oxygens (including phenoxy) is 1. The first-order valence-electron chi connectivity index (χ1n) is 6.14. The lowest BCUT2D eigenvalue weighted by molar-refractivity contribution is 0.0943. The Morgan fingerprint density at radius 2 is 2.28 bits per heavy atom. The van der Waals surface area contributed by atoms with E-state index in [1.54, 1.807) is 24.3 Å². The zero-order valence-corrected chi connectivity index (χ0v) is 10.8. The number of nitrogens with zero attached hydrogens (tertiary/aromatic N) is 1. The standard InChI is InChI=1S/C14H18N2O2/c1-3-6-12(10-15)16-14(17)11-7-5-8-13(9-11)18-4-2/h5,7-9,12H,3-4,6H2,1-2H3,(H,16,17)/t12-/m1/s1. The molecule has 0 saturated carbocycles. The van der Waals surface area contributed by atoms with Gasteiger partial charge in [-0.25, -0.2) is 0 Å². The first-order valence-corrected chi connectivity index (χ1v) is 6.14. The van der Waals surface area contributed by atoms with Gasteiger partial charge in [-0.2, -0.15) is 5.26 Å². The van der Waals surface area contributed by atoms with Crippen LogP contribution in [0.25, 0.3) is 0 Å². The molecule has 0 fully saturated rings. The fraction of sp³-hybridized carbons (Fsp3) is 0.429. The molecule has 0 aromatic heterocycles. The van der Waals surface area contributed by atoms with Crippen molar-refractivity contribution in [3.63, 3.8) is 0 Å². The molecule has 0 heterocycles. The maximum absolute atomic E-state index is 11.9. The minimum Gasteiger partial charge on any atom is -0.494 e. The summed E-state index contributed by atoms with van der Waals surface area (Å²) in [5.74, 6) is 0.422. The van der Waals surface area contributed by atoms with E-state index in [4.69, 9.17) is 10.00 Å². The highest BCUT2D eigenvalue weighted by Crippen LogP contribution is 2.13. The number of nitriles is 1. The van der Waals surface area contributed by atoms with Gasteiger partial charge >= 0.3 is 0 Å². The van der Waals surface area contributed by atoms with E-state index in [0.29, 0.717) is 24.3 Å². The van der Waals surface area contributed by atoms with Crippen molar-refractivity contribution < 1.29 is 9.53 Å². The van der Waals surface area contributed by atoms with E-state index in [2.05, 4.69) is 11.4 Å². The fourth-order valence-corrected chi connectivity index (χ4v) is 1.59. The summed E-state index contributed by atoms with van der Waals surface area (Å²) in [7, 11) is 0. The molecule has 1 aromatic rings. The van der Waals surface area contributed by atoms with Crippen molar-refractivity contribution in [2.24, 2.45) is 0 Å². The van der Waals surface area contributed by atoms with Crippen LogP contribution in [0.2, 0.25) is 0 Å². The second kappa shape index (κ2) is 7.33. The Balaban J connectivity index is 2.71. The van der Waals surface area contributed by atoms with Crippen LogP contribution >= 0.6 is 0 Å². The topological polar surface area (TPSA) is 62.1 Å². The third-order valence-corrected chi connectivity index (χ3v) is 2.45. The summed E-state index contributed by atoms with van der Waals surface area (Å²) in [6.07, 6.45) is 1.52. The molecule has 1 amide bonds. The molecule has 1 aromatic carbocycles. The van der Waals surface area contributed by atoms with Crippen molar-refractivity contribution in [2.75, 3.05) is 6.61 Å². The Morgan fingerprint density at radius 1 is 1.50 bits per heavy atom. The number of carbonyl (C=O) groups is 1. The molecule has 0 radical (unpaired) electrons. The fourth-order valence-electron chi connectivity index (χ4n) is 1.59. The smallest absolute Gasteiger partial charge is 0.252 e. The molecule has 1 N–H and O–H groups in total. The second-order valence-corrected chi connectivity index (χ2v) is 3.90. The Morgan fingerprint density at radius 3 is 2.89 bits per heavy atom. The van der Waals surface area contributed by atoms with Crippen LogP contribution in [0, 0.1) is 11.3 Å². The van der Waals surface area contributed by atoms with Gasteiger partial charge in [-0.05, 0) is 31.5 Å². The van der Waals surface area contributed by atoms with Gasteiger partial charge in [-0.3, -0.25) is 4.79 Å². The number of benzene rings is 1. The van der Waals surface area contributed by atoms with Crippen molar-refractivity contribution in [1.82, 2.24) is 5.32 Å². The van der Waals surface area contributed by atoms with Gasteiger partial charge in [-0.1, -0.05) is 19.4 Å². The summed E-state index contributed by atoms with van der Waals surface area (Å²) in [6, 6.07) is 8.60. The van der Waals surface area contributed by atoms with E-state index in [9.17, 15) is 4.79 Å². The Bertz CT molecular complexity index is 438. The molecule has 4 nitrogen and oxygen atoms in total. The minimum atomic E-state index is -0.432. The maximum atomic E-state index is 11.9. The molecule has 0 aliphatic heterocycles. The normalized spacial score (nSPS) is 11.4. The molecule has 0 aliphatic carbocycles. The Kier molecular flexibility index (Phi) is 5.72. The number of nitrogens with one attached hydrogen (secondary N) is 1. The third-order valence-electron chi connectivity index (χ3n) is 2.45. The first kappa shape index (κ1) is 14.0. The highest BCUT2D eigenvalue weighted by molar-refractivity contribution is 5.94.